The van der Waals surface area contributed by atoms with Gasteiger partial charge in [-0.2, -0.15) is 0 Å². The number of halogens is 1. The van der Waals surface area contributed by atoms with Crippen molar-refractivity contribution in [3.05, 3.63) is 52.6 Å². The summed E-state index contributed by atoms with van der Waals surface area (Å²) < 4.78 is 6.33. The van der Waals surface area contributed by atoms with Crippen LogP contribution in [-0.2, 0) is 0 Å². The van der Waals surface area contributed by atoms with E-state index in [2.05, 4.69) is 31.1 Å². The van der Waals surface area contributed by atoms with Crippen LogP contribution in [0.1, 0.15) is 10.4 Å². The molecule has 7 heteroatoms. The molecule has 0 saturated carbocycles. The highest BCUT2D eigenvalue weighted by atomic mass is 79.9. The molecule has 0 aliphatic rings. The summed E-state index contributed by atoms with van der Waals surface area (Å²) in [5.41, 5.74) is 1.40. The average molecular weight is 346 g/mol. The molecular formula is C14H8BrN3O3. The van der Waals surface area contributed by atoms with Gasteiger partial charge in [-0.05, 0) is 52.3 Å². The van der Waals surface area contributed by atoms with Crippen molar-refractivity contribution in [3.8, 4) is 23.0 Å². The quantitative estimate of drug-likeness (QED) is 0.783. The van der Waals surface area contributed by atoms with E-state index in [9.17, 15) is 4.79 Å². The van der Waals surface area contributed by atoms with Gasteiger partial charge in [0.1, 0.15) is 5.69 Å². The molecule has 1 N–H and O–H groups in total. The van der Waals surface area contributed by atoms with Crippen molar-refractivity contribution in [2.45, 2.75) is 0 Å². The number of aromatic carboxylic acids is 1. The molecule has 0 saturated heterocycles. The molecule has 0 unspecified atom stereocenters. The van der Waals surface area contributed by atoms with Crippen LogP contribution in [0.4, 0.5) is 0 Å². The average Bonchev–Trinajstić information content (AvgIpc) is 2.97. The Morgan fingerprint density at radius 2 is 1.81 bits per heavy atom. The van der Waals surface area contributed by atoms with Crippen LogP contribution in [0, 0.1) is 0 Å². The number of carboxylic acids is 1. The summed E-state index contributed by atoms with van der Waals surface area (Å²) in [7, 11) is 0. The minimum absolute atomic E-state index is 0.200. The molecule has 6 nitrogen and oxygen atoms in total. The molecular weight excluding hydrogens is 338 g/mol. The molecule has 0 aliphatic carbocycles. The third-order valence-corrected chi connectivity index (χ3v) is 3.40. The smallest absolute Gasteiger partial charge is 0.335 e. The Morgan fingerprint density at radius 3 is 2.48 bits per heavy atom. The van der Waals surface area contributed by atoms with Gasteiger partial charge >= 0.3 is 5.97 Å². The van der Waals surface area contributed by atoms with Crippen molar-refractivity contribution in [1.29, 1.82) is 0 Å². The fourth-order valence-electron chi connectivity index (χ4n) is 1.73. The molecule has 1 aromatic carbocycles. The molecule has 104 valence electrons. The Balaban J connectivity index is 1.95. The van der Waals surface area contributed by atoms with E-state index in [4.69, 9.17) is 9.52 Å². The zero-order chi connectivity index (χ0) is 14.8. The second-order valence-electron chi connectivity index (χ2n) is 4.13. The highest BCUT2D eigenvalue weighted by molar-refractivity contribution is 9.10. The van der Waals surface area contributed by atoms with Gasteiger partial charge in [-0.25, -0.2) is 9.78 Å². The fraction of sp³-hybridized carbons (Fsp3) is 0. The molecule has 0 bridgehead atoms. The Bertz CT molecular complexity index is 799. The third-order valence-electron chi connectivity index (χ3n) is 2.76. The number of pyridine rings is 1. The minimum atomic E-state index is -0.981. The van der Waals surface area contributed by atoms with Crippen molar-refractivity contribution < 1.29 is 14.3 Å². The van der Waals surface area contributed by atoms with Crippen LogP contribution in [0.3, 0.4) is 0 Å². The lowest BCUT2D eigenvalue weighted by Gasteiger charge is -1.97. The van der Waals surface area contributed by atoms with Crippen molar-refractivity contribution in [2.24, 2.45) is 0 Å². The molecule has 0 amide bonds. The number of aromatic nitrogens is 3. The molecule has 0 radical (unpaired) electrons. The number of rotatable bonds is 3. The maximum atomic E-state index is 10.8. The van der Waals surface area contributed by atoms with Gasteiger partial charge in [0.2, 0.25) is 5.89 Å². The van der Waals surface area contributed by atoms with Gasteiger partial charge in [0.15, 0.2) is 0 Å². The number of hydrogen-bond donors (Lipinski definition) is 1. The zero-order valence-corrected chi connectivity index (χ0v) is 12.1. The summed E-state index contributed by atoms with van der Waals surface area (Å²) in [5, 5.41) is 16.8. The van der Waals surface area contributed by atoms with Gasteiger partial charge < -0.3 is 9.52 Å². The van der Waals surface area contributed by atoms with Crippen LogP contribution in [0.5, 0.6) is 0 Å². The standard InChI is InChI=1S/C14H8BrN3O3/c15-10-2-1-7-16-11(10)13-18-17-12(21-13)8-3-5-9(6-4-8)14(19)20/h1-7H,(H,19,20). The Morgan fingerprint density at radius 1 is 1.10 bits per heavy atom. The van der Waals surface area contributed by atoms with E-state index in [1.54, 1.807) is 24.4 Å². The molecule has 0 fully saturated rings. The Hall–Kier alpha value is -2.54. The van der Waals surface area contributed by atoms with E-state index in [0.29, 0.717) is 23.0 Å². The minimum Gasteiger partial charge on any atom is -0.478 e. The van der Waals surface area contributed by atoms with E-state index in [-0.39, 0.29) is 5.56 Å². The van der Waals surface area contributed by atoms with Crippen molar-refractivity contribution >= 4 is 21.9 Å². The van der Waals surface area contributed by atoms with E-state index in [0.717, 1.165) is 4.47 Å². The van der Waals surface area contributed by atoms with E-state index < -0.39 is 5.97 Å². The second kappa shape index (κ2) is 5.45. The number of benzene rings is 1. The maximum absolute atomic E-state index is 10.8. The summed E-state index contributed by atoms with van der Waals surface area (Å²) in [6, 6.07) is 9.82. The topological polar surface area (TPSA) is 89.1 Å². The molecule has 2 aromatic heterocycles. The lowest BCUT2D eigenvalue weighted by Crippen LogP contribution is -1.94. The van der Waals surface area contributed by atoms with E-state index in [1.807, 2.05) is 6.07 Å². The molecule has 21 heavy (non-hydrogen) atoms. The maximum Gasteiger partial charge on any atom is 0.335 e. The van der Waals surface area contributed by atoms with E-state index >= 15 is 0 Å². The number of hydrogen-bond acceptors (Lipinski definition) is 5. The monoisotopic (exact) mass is 345 g/mol. The highest BCUT2D eigenvalue weighted by Gasteiger charge is 2.14. The number of nitrogens with zero attached hydrogens (tertiary/aromatic N) is 3. The van der Waals surface area contributed by atoms with Crippen LogP contribution in [-0.4, -0.2) is 26.3 Å². The summed E-state index contributed by atoms with van der Waals surface area (Å²) in [5.74, 6) is -0.385. The lowest BCUT2D eigenvalue weighted by molar-refractivity contribution is 0.0697. The zero-order valence-electron chi connectivity index (χ0n) is 10.5. The van der Waals surface area contributed by atoms with Crippen LogP contribution in [0.2, 0.25) is 0 Å². The SMILES string of the molecule is O=C(O)c1ccc(-c2nnc(-c3ncccc3Br)o2)cc1. The van der Waals surface area contributed by atoms with Gasteiger partial charge in [-0.15, -0.1) is 10.2 Å². The van der Waals surface area contributed by atoms with Crippen molar-refractivity contribution in [1.82, 2.24) is 15.2 Å². The largest absolute Gasteiger partial charge is 0.478 e. The Labute approximate surface area is 127 Å². The molecule has 0 aliphatic heterocycles. The first-order valence-electron chi connectivity index (χ1n) is 5.93. The summed E-state index contributed by atoms with van der Waals surface area (Å²) in [4.78, 5) is 15.0. The summed E-state index contributed by atoms with van der Waals surface area (Å²) in [6.45, 7) is 0. The highest BCUT2D eigenvalue weighted by Crippen LogP contribution is 2.27. The molecule has 0 atom stereocenters. The first-order chi connectivity index (χ1) is 10.1. The predicted octanol–water partition coefficient (Wildman–Crippen LogP) is 3.26. The number of carboxylic acid groups (broad SMARTS) is 1. The number of carbonyl (C=O) groups is 1. The third kappa shape index (κ3) is 2.68. The summed E-state index contributed by atoms with van der Waals surface area (Å²) >= 11 is 3.37. The van der Waals surface area contributed by atoms with Gasteiger partial charge in [0.05, 0.1) is 5.56 Å². The van der Waals surface area contributed by atoms with Gasteiger partial charge in [0.25, 0.3) is 5.89 Å². The first-order valence-corrected chi connectivity index (χ1v) is 6.72. The second-order valence-corrected chi connectivity index (χ2v) is 4.98. The fourth-order valence-corrected chi connectivity index (χ4v) is 2.16. The molecule has 3 rings (SSSR count). The van der Waals surface area contributed by atoms with Crippen LogP contribution < -0.4 is 0 Å². The predicted molar refractivity (Wildman–Crippen MR) is 77.6 cm³/mol. The van der Waals surface area contributed by atoms with Gasteiger partial charge in [-0.1, -0.05) is 0 Å². The molecule has 2 heterocycles. The molecule has 0 spiro atoms. The van der Waals surface area contributed by atoms with Crippen LogP contribution in [0.25, 0.3) is 23.0 Å². The molecule has 3 aromatic rings. The van der Waals surface area contributed by atoms with E-state index in [1.165, 1.54) is 12.1 Å². The van der Waals surface area contributed by atoms with Gasteiger partial charge in [0, 0.05) is 16.2 Å². The van der Waals surface area contributed by atoms with Crippen LogP contribution >= 0.6 is 15.9 Å². The van der Waals surface area contributed by atoms with Crippen molar-refractivity contribution in [3.63, 3.8) is 0 Å². The first kappa shape index (κ1) is 13.4. The van der Waals surface area contributed by atoms with Gasteiger partial charge in [-0.3, -0.25) is 0 Å². The normalized spacial score (nSPS) is 10.5. The Kier molecular flexibility index (Phi) is 3.49. The van der Waals surface area contributed by atoms with Crippen molar-refractivity contribution in [2.75, 3.05) is 0 Å². The lowest BCUT2D eigenvalue weighted by atomic mass is 10.1. The van der Waals surface area contributed by atoms with Crippen LogP contribution in [0.15, 0.2) is 51.5 Å². The summed E-state index contributed by atoms with van der Waals surface area (Å²) in [6.07, 6.45) is 1.63.